The van der Waals surface area contributed by atoms with Crippen molar-refractivity contribution in [2.45, 2.75) is 19.1 Å². The minimum Gasteiger partial charge on any atom is -0.272 e. The number of nitrogens with zero attached hydrogens (tertiary/aromatic N) is 3. The molecule has 0 heterocycles. The first kappa shape index (κ1) is 11.7. The fraction of sp³-hybridized carbons (Fsp3) is 0.875. The van der Waals surface area contributed by atoms with Gasteiger partial charge < -0.3 is 0 Å². The fourth-order valence-electron chi connectivity index (χ4n) is 1.38. The Morgan fingerprint density at radius 3 is 1.75 bits per heavy atom. The predicted molar refractivity (Wildman–Crippen MR) is 55.4 cm³/mol. The van der Waals surface area contributed by atoms with E-state index in [-0.39, 0.29) is 5.79 Å². The number of hydrogen-bond acceptors (Lipinski definition) is 4. The first-order valence-corrected chi connectivity index (χ1v) is 4.36. The van der Waals surface area contributed by atoms with Gasteiger partial charge in [-0.05, 0) is 46.8 Å². The summed E-state index contributed by atoms with van der Waals surface area (Å²) in [4.78, 5) is 8.26. The van der Waals surface area contributed by atoms with Gasteiger partial charge in [0.2, 0.25) is 0 Å². The number of rotatable bonds is 4. The standard InChI is InChI=1S/C8H17N3S/c1-6-8(9-7-12,10(2)3)11(4)5/h6H2,1-5H3. The Kier molecular flexibility index (Phi) is 4.57. The summed E-state index contributed by atoms with van der Waals surface area (Å²) in [6.45, 7) is 2.08. The molecule has 70 valence electrons. The quantitative estimate of drug-likeness (QED) is 0.375. The van der Waals surface area contributed by atoms with Gasteiger partial charge in [-0.1, -0.05) is 6.92 Å². The summed E-state index contributed by atoms with van der Waals surface area (Å²) in [5.41, 5.74) is 0. The Morgan fingerprint density at radius 2 is 1.67 bits per heavy atom. The molecular formula is C8H17N3S. The second kappa shape index (κ2) is 4.67. The summed E-state index contributed by atoms with van der Waals surface area (Å²) < 4.78 is 0. The van der Waals surface area contributed by atoms with Gasteiger partial charge >= 0.3 is 0 Å². The Bertz CT molecular complexity index is 175. The van der Waals surface area contributed by atoms with Crippen LogP contribution in [-0.4, -0.2) is 48.9 Å². The van der Waals surface area contributed by atoms with Crippen LogP contribution in [0.25, 0.3) is 0 Å². The van der Waals surface area contributed by atoms with Crippen molar-refractivity contribution in [2.24, 2.45) is 4.99 Å². The topological polar surface area (TPSA) is 18.8 Å². The maximum absolute atomic E-state index is 4.63. The molecular weight excluding hydrogens is 170 g/mol. The zero-order valence-electron chi connectivity index (χ0n) is 8.46. The van der Waals surface area contributed by atoms with Crippen LogP contribution in [0.2, 0.25) is 0 Å². The van der Waals surface area contributed by atoms with Gasteiger partial charge in [0.15, 0.2) is 5.79 Å². The van der Waals surface area contributed by atoms with Gasteiger partial charge in [-0.3, -0.25) is 9.80 Å². The monoisotopic (exact) mass is 187 g/mol. The van der Waals surface area contributed by atoms with Gasteiger partial charge in [0.1, 0.15) is 0 Å². The summed E-state index contributed by atoms with van der Waals surface area (Å²) in [5, 5.41) is 2.45. The molecule has 12 heavy (non-hydrogen) atoms. The normalized spacial score (nSPS) is 11.9. The smallest absolute Gasteiger partial charge is 0.178 e. The van der Waals surface area contributed by atoms with E-state index in [1.54, 1.807) is 0 Å². The zero-order chi connectivity index (χ0) is 9.78. The second-order valence-electron chi connectivity index (χ2n) is 3.12. The highest BCUT2D eigenvalue weighted by Crippen LogP contribution is 2.20. The maximum atomic E-state index is 4.63. The number of isothiocyanates is 1. The van der Waals surface area contributed by atoms with Crippen LogP contribution < -0.4 is 0 Å². The van der Waals surface area contributed by atoms with Crippen LogP contribution in [-0.2, 0) is 0 Å². The minimum absolute atomic E-state index is 0.332. The molecule has 0 aromatic carbocycles. The Morgan fingerprint density at radius 1 is 1.25 bits per heavy atom. The van der Waals surface area contributed by atoms with Crippen LogP contribution in [0.1, 0.15) is 13.3 Å². The molecule has 0 fully saturated rings. The molecule has 0 N–H and O–H groups in total. The highest BCUT2D eigenvalue weighted by molar-refractivity contribution is 7.78. The molecule has 0 aliphatic carbocycles. The number of hydrogen-bond donors (Lipinski definition) is 0. The van der Waals surface area contributed by atoms with E-state index in [2.05, 4.69) is 29.3 Å². The molecule has 4 heteroatoms. The molecule has 3 nitrogen and oxygen atoms in total. The Labute approximate surface area is 80.1 Å². The van der Waals surface area contributed by atoms with Crippen molar-refractivity contribution < 1.29 is 0 Å². The van der Waals surface area contributed by atoms with Crippen molar-refractivity contribution in [1.29, 1.82) is 0 Å². The molecule has 0 spiro atoms. The van der Waals surface area contributed by atoms with Crippen molar-refractivity contribution >= 4 is 17.4 Å². The molecule has 0 bridgehead atoms. The summed E-state index contributed by atoms with van der Waals surface area (Å²) >= 11 is 4.63. The fourth-order valence-corrected chi connectivity index (χ4v) is 1.53. The third kappa shape index (κ3) is 2.11. The third-order valence-corrected chi connectivity index (χ3v) is 2.22. The zero-order valence-corrected chi connectivity index (χ0v) is 9.27. The third-order valence-electron chi connectivity index (χ3n) is 2.13. The molecule has 0 saturated heterocycles. The highest BCUT2D eigenvalue weighted by Gasteiger charge is 2.32. The lowest BCUT2D eigenvalue weighted by atomic mass is 10.2. The van der Waals surface area contributed by atoms with Crippen LogP contribution >= 0.6 is 12.2 Å². The van der Waals surface area contributed by atoms with Gasteiger partial charge in [-0.25, -0.2) is 0 Å². The molecule has 0 atom stereocenters. The first-order valence-electron chi connectivity index (χ1n) is 3.95. The molecule has 0 unspecified atom stereocenters. The van der Waals surface area contributed by atoms with Gasteiger partial charge in [0, 0.05) is 0 Å². The van der Waals surface area contributed by atoms with Crippen LogP contribution in [0.4, 0.5) is 0 Å². The van der Waals surface area contributed by atoms with E-state index in [1.165, 1.54) is 0 Å². The van der Waals surface area contributed by atoms with E-state index < -0.39 is 0 Å². The van der Waals surface area contributed by atoms with Crippen molar-refractivity contribution in [3.8, 4) is 0 Å². The van der Waals surface area contributed by atoms with E-state index in [0.717, 1.165) is 6.42 Å². The van der Waals surface area contributed by atoms with Crippen LogP contribution in [0.3, 0.4) is 0 Å². The molecule has 0 aromatic heterocycles. The molecule has 0 radical (unpaired) electrons. The molecule has 0 amide bonds. The molecule has 0 rings (SSSR count). The second-order valence-corrected chi connectivity index (χ2v) is 3.30. The van der Waals surface area contributed by atoms with Crippen molar-refractivity contribution in [3.63, 3.8) is 0 Å². The molecule has 0 aromatic rings. The van der Waals surface area contributed by atoms with Crippen LogP contribution in [0.5, 0.6) is 0 Å². The van der Waals surface area contributed by atoms with Crippen LogP contribution in [0, 0.1) is 0 Å². The highest BCUT2D eigenvalue weighted by atomic mass is 32.1. The Balaban J connectivity index is 4.88. The van der Waals surface area contributed by atoms with E-state index in [9.17, 15) is 0 Å². The van der Waals surface area contributed by atoms with Gasteiger partial charge in [-0.2, -0.15) is 4.99 Å². The first-order chi connectivity index (χ1) is 5.51. The van der Waals surface area contributed by atoms with Gasteiger partial charge in [0.25, 0.3) is 0 Å². The lowest BCUT2D eigenvalue weighted by molar-refractivity contribution is 0.00929. The molecule has 0 saturated carbocycles. The lowest BCUT2D eigenvalue weighted by Crippen LogP contribution is -2.53. The number of aliphatic imine (C=N–C) groups is 1. The van der Waals surface area contributed by atoms with Gasteiger partial charge in [0.05, 0.1) is 5.16 Å². The maximum Gasteiger partial charge on any atom is 0.178 e. The van der Waals surface area contributed by atoms with E-state index in [4.69, 9.17) is 0 Å². The van der Waals surface area contributed by atoms with Crippen molar-refractivity contribution in [3.05, 3.63) is 0 Å². The lowest BCUT2D eigenvalue weighted by Gasteiger charge is -2.39. The summed E-state index contributed by atoms with van der Waals surface area (Å²) in [6.07, 6.45) is 0.886. The summed E-state index contributed by atoms with van der Waals surface area (Å²) in [5.74, 6) is -0.332. The average molecular weight is 187 g/mol. The predicted octanol–water partition coefficient (Wildman–Crippen LogP) is 1.28. The SMILES string of the molecule is CCC(N=C=S)(N(C)C)N(C)C. The summed E-state index contributed by atoms with van der Waals surface area (Å²) in [6, 6.07) is 0. The molecule has 0 aliphatic rings. The number of thiocarbonyl (C=S) groups is 1. The van der Waals surface area contributed by atoms with Gasteiger partial charge in [-0.15, -0.1) is 0 Å². The summed E-state index contributed by atoms with van der Waals surface area (Å²) in [7, 11) is 7.94. The average Bonchev–Trinajstić information content (AvgIpc) is 1.98. The van der Waals surface area contributed by atoms with E-state index in [1.807, 2.05) is 38.0 Å². The van der Waals surface area contributed by atoms with Crippen molar-refractivity contribution in [1.82, 2.24) is 9.80 Å². The van der Waals surface area contributed by atoms with Crippen LogP contribution in [0.15, 0.2) is 4.99 Å². The Hall–Kier alpha value is -0.280. The largest absolute Gasteiger partial charge is 0.272 e. The van der Waals surface area contributed by atoms with E-state index in [0.29, 0.717) is 0 Å². The molecule has 0 aliphatic heterocycles. The minimum atomic E-state index is -0.332. The van der Waals surface area contributed by atoms with E-state index >= 15 is 0 Å². The van der Waals surface area contributed by atoms with Crippen molar-refractivity contribution in [2.75, 3.05) is 28.2 Å².